The van der Waals surface area contributed by atoms with Crippen molar-refractivity contribution in [3.05, 3.63) is 76.0 Å². The van der Waals surface area contributed by atoms with Crippen LogP contribution in [0.2, 0.25) is 0 Å². The number of nitro benzene ring substituents is 1. The zero-order valence-corrected chi connectivity index (χ0v) is 14.8. The number of fused-ring (bicyclic) bond motifs is 1. The predicted octanol–water partition coefficient (Wildman–Crippen LogP) is 4.14. The lowest BCUT2D eigenvalue weighted by atomic mass is 10.0. The van der Waals surface area contributed by atoms with Crippen LogP contribution in [0, 0.1) is 21.7 Å². The van der Waals surface area contributed by atoms with Crippen molar-refractivity contribution in [3.8, 4) is 0 Å². The van der Waals surface area contributed by atoms with Crippen LogP contribution in [-0.4, -0.2) is 35.4 Å². The summed E-state index contributed by atoms with van der Waals surface area (Å²) >= 11 is 0. The van der Waals surface area contributed by atoms with E-state index in [0.29, 0.717) is 16.6 Å². The van der Waals surface area contributed by atoms with Gasteiger partial charge in [0.25, 0.3) is 5.69 Å². The lowest BCUT2D eigenvalue weighted by Crippen LogP contribution is -2.28. The Bertz CT molecular complexity index is 974. The molecule has 1 unspecified atom stereocenters. The zero-order chi connectivity index (χ0) is 19.6. The van der Waals surface area contributed by atoms with E-state index in [0.717, 1.165) is 0 Å². The van der Waals surface area contributed by atoms with Crippen LogP contribution in [-0.2, 0) is 0 Å². The van der Waals surface area contributed by atoms with E-state index >= 15 is 0 Å². The van der Waals surface area contributed by atoms with E-state index in [1.54, 1.807) is 37.2 Å². The number of nitrogens with zero attached hydrogens (tertiary/aromatic N) is 3. The molecule has 1 atom stereocenters. The van der Waals surface area contributed by atoms with Crippen molar-refractivity contribution in [3.63, 3.8) is 0 Å². The van der Waals surface area contributed by atoms with Crippen LogP contribution in [0.5, 0.6) is 0 Å². The minimum Gasteiger partial charge on any atom is -0.381 e. The number of anilines is 1. The molecule has 1 heterocycles. The van der Waals surface area contributed by atoms with Crippen molar-refractivity contribution >= 4 is 22.3 Å². The lowest BCUT2D eigenvalue weighted by molar-refractivity contribution is -0.383. The third-order valence-electron chi connectivity index (χ3n) is 4.39. The fourth-order valence-electron chi connectivity index (χ4n) is 3.04. The number of halogens is 2. The molecule has 8 heteroatoms. The van der Waals surface area contributed by atoms with Crippen molar-refractivity contribution < 1.29 is 13.7 Å². The summed E-state index contributed by atoms with van der Waals surface area (Å²) in [5.74, 6) is -1.25. The van der Waals surface area contributed by atoms with Crippen LogP contribution >= 0.6 is 0 Å². The Balaban J connectivity index is 1.95. The molecule has 0 aliphatic heterocycles. The first-order chi connectivity index (χ1) is 12.9. The minimum atomic E-state index is -0.623. The molecule has 0 aliphatic rings. The van der Waals surface area contributed by atoms with Gasteiger partial charge in [0.05, 0.1) is 22.0 Å². The highest BCUT2D eigenvalue weighted by molar-refractivity contribution is 5.96. The molecule has 2 aromatic carbocycles. The molecule has 3 rings (SSSR count). The van der Waals surface area contributed by atoms with Gasteiger partial charge < -0.3 is 10.2 Å². The first-order valence-electron chi connectivity index (χ1n) is 8.26. The molecule has 6 nitrogen and oxygen atoms in total. The number of rotatable bonds is 6. The minimum absolute atomic E-state index is 0.0332. The molecule has 140 valence electrons. The first-order valence-corrected chi connectivity index (χ1v) is 8.26. The van der Waals surface area contributed by atoms with Crippen molar-refractivity contribution in [2.45, 2.75) is 6.04 Å². The molecule has 0 radical (unpaired) electrons. The third kappa shape index (κ3) is 3.70. The standard InChI is InChI=1S/C19H18F2N4O2/c1-24(2)17(18-13(20)6-3-7-14(18)21)11-23-15-8-9-16(25(26)27)12-5-4-10-22-19(12)15/h3-10,17,23H,11H2,1-2H3. The summed E-state index contributed by atoms with van der Waals surface area (Å²) in [4.78, 5) is 16.7. The van der Waals surface area contributed by atoms with Crippen LogP contribution in [0.25, 0.3) is 10.9 Å². The summed E-state index contributed by atoms with van der Waals surface area (Å²) in [5, 5.41) is 14.7. The molecule has 0 bridgehead atoms. The van der Waals surface area contributed by atoms with E-state index in [1.165, 1.54) is 30.5 Å². The number of hydrogen-bond acceptors (Lipinski definition) is 5. The van der Waals surface area contributed by atoms with Gasteiger partial charge in [-0.25, -0.2) is 8.78 Å². The van der Waals surface area contributed by atoms with Gasteiger partial charge in [-0.3, -0.25) is 15.1 Å². The Morgan fingerprint density at radius 3 is 2.48 bits per heavy atom. The number of nitrogens with one attached hydrogen (secondary N) is 1. The molecular weight excluding hydrogens is 354 g/mol. The monoisotopic (exact) mass is 372 g/mol. The highest BCUT2D eigenvalue weighted by atomic mass is 19.1. The fraction of sp³-hybridized carbons (Fsp3) is 0.211. The molecule has 0 fully saturated rings. The predicted molar refractivity (Wildman–Crippen MR) is 99.7 cm³/mol. The SMILES string of the molecule is CN(C)C(CNc1ccc([N+](=O)[O-])c2cccnc12)c1c(F)cccc1F. The number of aromatic nitrogens is 1. The van der Waals surface area contributed by atoms with Gasteiger partial charge in [-0.05, 0) is 44.4 Å². The van der Waals surface area contributed by atoms with Crippen LogP contribution in [0.1, 0.15) is 11.6 Å². The van der Waals surface area contributed by atoms with E-state index in [4.69, 9.17) is 0 Å². The largest absolute Gasteiger partial charge is 0.381 e. The molecule has 1 N–H and O–H groups in total. The molecular formula is C19H18F2N4O2. The van der Waals surface area contributed by atoms with Gasteiger partial charge in [-0.15, -0.1) is 0 Å². The normalized spacial score (nSPS) is 12.3. The number of nitro groups is 1. The third-order valence-corrected chi connectivity index (χ3v) is 4.39. The van der Waals surface area contributed by atoms with Crippen LogP contribution in [0.3, 0.4) is 0 Å². The quantitative estimate of drug-likeness (QED) is 0.520. The van der Waals surface area contributed by atoms with Crippen LogP contribution < -0.4 is 5.32 Å². The highest BCUT2D eigenvalue weighted by Crippen LogP contribution is 2.31. The van der Waals surface area contributed by atoms with Gasteiger partial charge in [0, 0.05) is 24.4 Å². The summed E-state index contributed by atoms with van der Waals surface area (Å²) in [6.45, 7) is 0.189. The smallest absolute Gasteiger partial charge is 0.278 e. The second-order valence-corrected chi connectivity index (χ2v) is 6.28. The molecule has 0 spiro atoms. The summed E-state index contributed by atoms with van der Waals surface area (Å²) < 4.78 is 28.4. The number of hydrogen-bond donors (Lipinski definition) is 1. The number of benzene rings is 2. The van der Waals surface area contributed by atoms with Crippen molar-refractivity contribution in [1.82, 2.24) is 9.88 Å². The van der Waals surface area contributed by atoms with E-state index in [-0.39, 0.29) is 17.8 Å². The maximum absolute atomic E-state index is 14.2. The van der Waals surface area contributed by atoms with E-state index in [9.17, 15) is 18.9 Å². The summed E-state index contributed by atoms with van der Waals surface area (Å²) in [6.07, 6.45) is 1.54. The van der Waals surface area contributed by atoms with E-state index < -0.39 is 22.6 Å². The Morgan fingerprint density at radius 2 is 1.85 bits per heavy atom. The second-order valence-electron chi connectivity index (χ2n) is 6.28. The zero-order valence-electron chi connectivity index (χ0n) is 14.8. The Morgan fingerprint density at radius 1 is 1.15 bits per heavy atom. The number of non-ortho nitro benzene ring substituents is 1. The molecule has 0 saturated heterocycles. The molecule has 3 aromatic rings. The van der Waals surface area contributed by atoms with E-state index in [1.807, 2.05) is 0 Å². The fourth-order valence-corrected chi connectivity index (χ4v) is 3.04. The van der Waals surface area contributed by atoms with Crippen LogP contribution in [0.15, 0.2) is 48.7 Å². The van der Waals surface area contributed by atoms with Gasteiger partial charge in [0.2, 0.25) is 0 Å². The Kier molecular flexibility index (Phi) is 5.27. The average Bonchev–Trinajstić information content (AvgIpc) is 2.63. The maximum Gasteiger partial charge on any atom is 0.278 e. The van der Waals surface area contributed by atoms with Gasteiger partial charge in [0.15, 0.2) is 0 Å². The molecule has 0 aliphatic carbocycles. The first kappa shape index (κ1) is 18.7. The van der Waals surface area contributed by atoms with Crippen molar-refractivity contribution in [2.75, 3.05) is 26.0 Å². The van der Waals surface area contributed by atoms with Crippen molar-refractivity contribution in [2.24, 2.45) is 0 Å². The molecule has 0 amide bonds. The number of likely N-dealkylation sites (N-methyl/N-ethyl adjacent to an activating group) is 1. The van der Waals surface area contributed by atoms with E-state index in [2.05, 4.69) is 10.3 Å². The summed E-state index contributed by atoms with van der Waals surface area (Å²) in [5.41, 5.74) is 0.903. The summed E-state index contributed by atoms with van der Waals surface area (Å²) in [6, 6.07) is 9.36. The number of pyridine rings is 1. The topological polar surface area (TPSA) is 71.3 Å². The second kappa shape index (κ2) is 7.63. The lowest BCUT2D eigenvalue weighted by Gasteiger charge is -2.26. The van der Waals surface area contributed by atoms with Gasteiger partial charge in [-0.1, -0.05) is 6.07 Å². The van der Waals surface area contributed by atoms with Gasteiger partial charge in [0.1, 0.15) is 17.2 Å². The van der Waals surface area contributed by atoms with Gasteiger partial charge in [-0.2, -0.15) is 0 Å². The highest BCUT2D eigenvalue weighted by Gasteiger charge is 2.23. The van der Waals surface area contributed by atoms with Crippen LogP contribution in [0.4, 0.5) is 20.2 Å². The van der Waals surface area contributed by atoms with Crippen molar-refractivity contribution in [1.29, 1.82) is 0 Å². The molecule has 1 aromatic heterocycles. The summed E-state index contributed by atoms with van der Waals surface area (Å²) in [7, 11) is 3.45. The molecule has 0 saturated carbocycles. The molecule has 27 heavy (non-hydrogen) atoms. The average molecular weight is 372 g/mol. The Labute approximate surface area is 154 Å². The van der Waals surface area contributed by atoms with Gasteiger partial charge >= 0.3 is 0 Å². The Hall–Kier alpha value is -3.13. The maximum atomic E-state index is 14.2.